The lowest BCUT2D eigenvalue weighted by Crippen LogP contribution is -2.51. The number of carbonyl (C=O) groups excluding carboxylic acids is 2. The molecule has 0 aromatic carbocycles. The van der Waals surface area contributed by atoms with Crippen LogP contribution in [0.5, 0.6) is 0 Å². The van der Waals surface area contributed by atoms with E-state index in [0.717, 1.165) is 49.2 Å². The van der Waals surface area contributed by atoms with Gasteiger partial charge in [0.1, 0.15) is 6.67 Å². The molecule has 1 heterocycles. The van der Waals surface area contributed by atoms with Crippen LogP contribution in [0.4, 0.5) is 9.18 Å². The SMILES string of the molecule is C/C(=N\OC(=O)N(CCF)CCC1NCCC1=S)[C@H]1CC[C@H]2[C@@H]3CCC4=CC(=O)CC[C@]4(C)[C@H]3CC[C@]12C. The largest absolute Gasteiger partial charge is 0.436 e. The quantitative estimate of drug-likeness (QED) is 0.183. The summed E-state index contributed by atoms with van der Waals surface area (Å²) in [6.45, 7) is 7.48. The summed E-state index contributed by atoms with van der Waals surface area (Å²) in [5.74, 6) is 2.56. The zero-order valence-electron chi connectivity index (χ0n) is 23.3. The fourth-order valence-electron chi connectivity index (χ4n) is 9.08. The van der Waals surface area contributed by atoms with Crippen LogP contribution >= 0.6 is 12.2 Å². The molecule has 8 heteroatoms. The number of allylic oxidation sites excluding steroid dienone is 1. The van der Waals surface area contributed by atoms with E-state index in [0.29, 0.717) is 42.9 Å². The summed E-state index contributed by atoms with van der Waals surface area (Å²) in [5, 5.41) is 7.69. The van der Waals surface area contributed by atoms with Gasteiger partial charge in [0, 0.05) is 36.3 Å². The normalized spacial score (nSPS) is 38.8. The van der Waals surface area contributed by atoms with Crippen LogP contribution in [0.15, 0.2) is 16.8 Å². The van der Waals surface area contributed by atoms with Crippen LogP contribution in [-0.4, -0.2) is 59.7 Å². The summed E-state index contributed by atoms with van der Waals surface area (Å²) in [7, 11) is 0. The van der Waals surface area contributed by atoms with E-state index < -0.39 is 12.8 Å². The number of nitrogens with one attached hydrogen (secondary N) is 1. The molecule has 1 unspecified atom stereocenters. The predicted molar refractivity (Wildman–Crippen MR) is 151 cm³/mol. The maximum absolute atomic E-state index is 13.2. The molecule has 0 radical (unpaired) electrons. The Kier molecular flexibility index (Phi) is 8.12. The average Bonchev–Trinajstić information content (AvgIpc) is 3.47. The van der Waals surface area contributed by atoms with Crippen molar-refractivity contribution < 1.29 is 18.8 Å². The Hall–Kier alpha value is -1.67. The molecule has 4 aliphatic carbocycles. The van der Waals surface area contributed by atoms with Crippen molar-refractivity contribution in [1.29, 1.82) is 0 Å². The van der Waals surface area contributed by atoms with Gasteiger partial charge >= 0.3 is 6.09 Å². The summed E-state index contributed by atoms with van der Waals surface area (Å²) in [6.07, 6.45) is 11.4. The Balaban J connectivity index is 1.23. The lowest BCUT2D eigenvalue weighted by Gasteiger charge is -2.58. The molecule has 0 aromatic rings. The number of hydrogen-bond acceptors (Lipinski definition) is 6. The van der Waals surface area contributed by atoms with E-state index in [-0.39, 0.29) is 29.3 Å². The summed E-state index contributed by atoms with van der Waals surface area (Å²) in [6, 6.07) is 0.0957. The first-order valence-electron chi connectivity index (χ1n) is 14.7. The molecule has 5 rings (SSSR count). The molecule has 210 valence electrons. The zero-order valence-corrected chi connectivity index (χ0v) is 24.1. The highest BCUT2D eigenvalue weighted by Crippen LogP contribution is 2.66. The van der Waals surface area contributed by atoms with Gasteiger partial charge in [0.25, 0.3) is 0 Å². The fourth-order valence-corrected chi connectivity index (χ4v) is 9.38. The van der Waals surface area contributed by atoms with Gasteiger partial charge in [-0.3, -0.25) is 9.63 Å². The maximum Gasteiger partial charge on any atom is 0.436 e. The van der Waals surface area contributed by atoms with Crippen LogP contribution in [0.25, 0.3) is 0 Å². The Morgan fingerprint density at radius 3 is 2.71 bits per heavy atom. The number of carbonyl (C=O) groups is 2. The van der Waals surface area contributed by atoms with Crippen LogP contribution in [0.1, 0.15) is 85.0 Å². The highest BCUT2D eigenvalue weighted by Gasteiger charge is 2.59. The smallest absolute Gasteiger partial charge is 0.309 e. The summed E-state index contributed by atoms with van der Waals surface area (Å²) >= 11 is 5.39. The minimum atomic E-state index is -0.616. The molecule has 5 aliphatic rings. The minimum Gasteiger partial charge on any atom is -0.309 e. The molecule has 1 aliphatic heterocycles. The Bertz CT molecular complexity index is 1030. The van der Waals surface area contributed by atoms with Gasteiger partial charge < -0.3 is 10.2 Å². The Labute approximate surface area is 232 Å². The maximum atomic E-state index is 13.2. The second-order valence-corrected chi connectivity index (χ2v) is 13.4. The second kappa shape index (κ2) is 11.1. The number of fused-ring (bicyclic) bond motifs is 5. The lowest BCUT2D eigenvalue weighted by molar-refractivity contribution is -0.117. The van der Waals surface area contributed by atoms with Gasteiger partial charge in [0.15, 0.2) is 5.78 Å². The van der Waals surface area contributed by atoms with Crippen molar-refractivity contribution in [3.63, 3.8) is 0 Å². The highest BCUT2D eigenvalue weighted by molar-refractivity contribution is 7.80. The van der Waals surface area contributed by atoms with E-state index in [9.17, 15) is 14.0 Å². The van der Waals surface area contributed by atoms with Crippen molar-refractivity contribution in [2.24, 2.45) is 39.7 Å². The van der Waals surface area contributed by atoms with E-state index in [4.69, 9.17) is 17.1 Å². The monoisotopic (exact) mass is 545 g/mol. The first kappa shape index (κ1) is 27.9. The molecular weight excluding hydrogens is 501 g/mol. The molecular formula is C30H44FN3O3S. The number of halogens is 1. The van der Waals surface area contributed by atoms with Crippen molar-refractivity contribution in [2.75, 3.05) is 26.3 Å². The van der Waals surface area contributed by atoms with Crippen molar-refractivity contribution in [1.82, 2.24) is 10.2 Å². The molecule has 38 heavy (non-hydrogen) atoms. The molecule has 0 aromatic heterocycles. The van der Waals surface area contributed by atoms with Gasteiger partial charge in [-0.25, -0.2) is 9.18 Å². The third-order valence-electron chi connectivity index (χ3n) is 11.2. The molecule has 4 fully saturated rings. The first-order chi connectivity index (χ1) is 18.2. The molecule has 1 amide bonds. The van der Waals surface area contributed by atoms with Crippen molar-refractivity contribution in [2.45, 2.75) is 91.0 Å². The van der Waals surface area contributed by atoms with Gasteiger partial charge in [-0.1, -0.05) is 36.8 Å². The fraction of sp³-hybridized carbons (Fsp3) is 0.800. The highest BCUT2D eigenvalue weighted by atomic mass is 32.1. The van der Waals surface area contributed by atoms with Crippen molar-refractivity contribution in [3.05, 3.63) is 11.6 Å². The van der Waals surface area contributed by atoms with Crippen molar-refractivity contribution in [3.8, 4) is 0 Å². The number of oxime groups is 1. The lowest BCUT2D eigenvalue weighted by atomic mass is 9.46. The molecule has 0 spiro atoms. The third kappa shape index (κ3) is 5.00. The number of ketones is 1. The van der Waals surface area contributed by atoms with E-state index in [2.05, 4.69) is 24.3 Å². The molecule has 7 atom stereocenters. The van der Waals surface area contributed by atoms with Crippen LogP contribution in [-0.2, 0) is 9.63 Å². The minimum absolute atomic E-state index is 0.0000312. The predicted octanol–water partition coefficient (Wildman–Crippen LogP) is 6.04. The summed E-state index contributed by atoms with van der Waals surface area (Å²) < 4.78 is 13.2. The standard InChI is InChI=1S/C30H44FN3O3S/c1-19(33-37-28(36)34(17-14-31)16-11-26-27(38)10-15-32-26)23-6-7-24-22-5-4-20-18-21(35)8-12-29(20,2)25(22)9-13-30(23,24)3/h18,22-26,32H,4-17H2,1-3H3/b33-19+/t22-,23+,24-,25-,26?,29-,30+/m0/s1. The number of nitrogens with zero attached hydrogens (tertiary/aromatic N) is 2. The number of hydrogen-bond donors (Lipinski definition) is 1. The van der Waals surface area contributed by atoms with E-state index >= 15 is 0 Å². The van der Waals surface area contributed by atoms with Gasteiger partial charge in [-0.15, -0.1) is 0 Å². The second-order valence-electron chi connectivity index (χ2n) is 12.9. The number of thiocarbonyl (C=S) groups is 1. The summed E-state index contributed by atoms with van der Waals surface area (Å²) in [5.41, 5.74) is 2.60. The average molecular weight is 546 g/mol. The number of rotatable bonds is 7. The van der Waals surface area contributed by atoms with Gasteiger partial charge in [-0.2, -0.15) is 0 Å². The molecule has 6 nitrogen and oxygen atoms in total. The molecule has 3 saturated carbocycles. The van der Waals surface area contributed by atoms with Gasteiger partial charge in [-0.05, 0) is 99.4 Å². The third-order valence-corrected chi connectivity index (χ3v) is 11.7. The van der Waals surface area contributed by atoms with Crippen molar-refractivity contribution >= 4 is 34.7 Å². The van der Waals surface area contributed by atoms with E-state index in [1.54, 1.807) is 0 Å². The Morgan fingerprint density at radius 2 is 1.97 bits per heavy atom. The van der Waals surface area contributed by atoms with E-state index in [1.807, 2.05) is 13.0 Å². The van der Waals surface area contributed by atoms with Crippen LogP contribution < -0.4 is 5.32 Å². The number of amides is 1. The Morgan fingerprint density at radius 1 is 1.16 bits per heavy atom. The molecule has 1 saturated heterocycles. The van der Waals surface area contributed by atoms with Crippen LogP contribution in [0, 0.1) is 34.5 Å². The van der Waals surface area contributed by atoms with Crippen LogP contribution in [0.2, 0.25) is 0 Å². The zero-order chi connectivity index (χ0) is 27.1. The van der Waals surface area contributed by atoms with Gasteiger partial charge in [0.05, 0.1) is 12.3 Å². The first-order valence-corrected chi connectivity index (χ1v) is 15.1. The van der Waals surface area contributed by atoms with Crippen LogP contribution in [0.3, 0.4) is 0 Å². The summed E-state index contributed by atoms with van der Waals surface area (Å²) in [4.78, 5) is 32.7. The topological polar surface area (TPSA) is 71.0 Å². The van der Waals surface area contributed by atoms with Gasteiger partial charge in [0.2, 0.25) is 0 Å². The molecule has 1 N–H and O–H groups in total. The number of alkyl halides is 1. The van der Waals surface area contributed by atoms with E-state index in [1.165, 1.54) is 29.7 Å². The molecule has 0 bridgehead atoms.